The van der Waals surface area contributed by atoms with Crippen molar-refractivity contribution in [2.45, 2.75) is 31.3 Å². The Labute approximate surface area is 95.8 Å². The molecule has 1 aliphatic carbocycles. The molecule has 0 radical (unpaired) electrons. The van der Waals surface area contributed by atoms with E-state index >= 15 is 0 Å². The van der Waals surface area contributed by atoms with Crippen LogP contribution in [0.2, 0.25) is 0 Å². The molecule has 0 aromatic heterocycles. The highest BCUT2D eigenvalue weighted by Gasteiger charge is 2.28. The topological polar surface area (TPSA) is 30.5 Å². The molecule has 1 unspecified atom stereocenters. The summed E-state index contributed by atoms with van der Waals surface area (Å²) in [6, 6.07) is 7.30. The molecule has 86 valence electrons. The van der Waals surface area contributed by atoms with Gasteiger partial charge in [-0.25, -0.2) is 0 Å². The molecule has 1 fully saturated rings. The van der Waals surface area contributed by atoms with Gasteiger partial charge in [0.2, 0.25) is 0 Å². The van der Waals surface area contributed by atoms with Crippen molar-refractivity contribution in [3.8, 4) is 11.5 Å². The monoisotopic (exact) mass is 219 g/mol. The standard InChI is InChI=1S/C13H17NO2/c1-15-10-4-5-11-12(14-9-2-3-9)6-7-16-13(11)8-10/h4-5,8-9,12,14H,2-3,6-7H2,1H3. The maximum Gasteiger partial charge on any atom is 0.127 e. The minimum atomic E-state index is 0.460. The zero-order chi connectivity index (χ0) is 11.0. The van der Waals surface area contributed by atoms with Crippen LogP contribution in [0.3, 0.4) is 0 Å². The molecule has 0 saturated heterocycles. The molecule has 0 spiro atoms. The smallest absolute Gasteiger partial charge is 0.127 e. The van der Waals surface area contributed by atoms with Gasteiger partial charge < -0.3 is 14.8 Å². The van der Waals surface area contributed by atoms with Crippen molar-refractivity contribution in [1.29, 1.82) is 0 Å². The first kappa shape index (κ1) is 9.97. The van der Waals surface area contributed by atoms with Crippen molar-refractivity contribution in [3.05, 3.63) is 23.8 Å². The number of benzene rings is 1. The lowest BCUT2D eigenvalue weighted by atomic mass is 10.0. The van der Waals surface area contributed by atoms with Crippen molar-refractivity contribution in [2.75, 3.05) is 13.7 Å². The van der Waals surface area contributed by atoms with Gasteiger partial charge in [0.1, 0.15) is 11.5 Å². The fourth-order valence-corrected chi connectivity index (χ4v) is 2.20. The lowest BCUT2D eigenvalue weighted by Crippen LogP contribution is -2.28. The number of nitrogens with one attached hydrogen (secondary N) is 1. The number of hydrogen-bond acceptors (Lipinski definition) is 3. The normalized spacial score (nSPS) is 23.4. The number of methoxy groups -OCH3 is 1. The van der Waals surface area contributed by atoms with Crippen LogP contribution in [0.25, 0.3) is 0 Å². The van der Waals surface area contributed by atoms with Gasteiger partial charge in [0, 0.05) is 30.1 Å². The molecule has 1 atom stereocenters. The lowest BCUT2D eigenvalue weighted by Gasteiger charge is -2.27. The molecule has 2 aliphatic rings. The quantitative estimate of drug-likeness (QED) is 0.846. The Balaban J connectivity index is 1.85. The first-order valence-electron chi connectivity index (χ1n) is 5.93. The zero-order valence-electron chi connectivity index (χ0n) is 9.53. The molecule has 3 heteroatoms. The van der Waals surface area contributed by atoms with E-state index in [1.165, 1.54) is 18.4 Å². The third-order valence-electron chi connectivity index (χ3n) is 3.27. The van der Waals surface area contributed by atoms with Crippen LogP contribution in [-0.4, -0.2) is 19.8 Å². The Kier molecular flexibility index (Phi) is 2.48. The minimum Gasteiger partial charge on any atom is -0.497 e. The van der Waals surface area contributed by atoms with Gasteiger partial charge in [-0.05, 0) is 18.9 Å². The fourth-order valence-electron chi connectivity index (χ4n) is 2.20. The van der Waals surface area contributed by atoms with Gasteiger partial charge in [0.15, 0.2) is 0 Å². The van der Waals surface area contributed by atoms with E-state index in [4.69, 9.17) is 9.47 Å². The van der Waals surface area contributed by atoms with Crippen molar-refractivity contribution in [2.24, 2.45) is 0 Å². The number of ether oxygens (including phenoxy) is 2. The predicted octanol–water partition coefficient (Wildman–Crippen LogP) is 2.27. The zero-order valence-corrected chi connectivity index (χ0v) is 9.53. The predicted molar refractivity (Wildman–Crippen MR) is 62.0 cm³/mol. The van der Waals surface area contributed by atoms with E-state index in [1.807, 2.05) is 12.1 Å². The van der Waals surface area contributed by atoms with Crippen molar-refractivity contribution in [1.82, 2.24) is 5.32 Å². The van der Waals surface area contributed by atoms with Crippen molar-refractivity contribution in [3.63, 3.8) is 0 Å². The molecule has 1 heterocycles. The second kappa shape index (κ2) is 3.98. The highest BCUT2D eigenvalue weighted by molar-refractivity contribution is 5.43. The average Bonchev–Trinajstić information content (AvgIpc) is 3.13. The van der Waals surface area contributed by atoms with E-state index in [0.29, 0.717) is 6.04 Å². The van der Waals surface area contributed by atoms with Crippen LogP contribution < -0.4 is 14.8 Å². The first-order chi connectivity index (χ1) is 7.86. The Morgan fingerprint density at radius 2 is 2.19 bits per heavy atom. The third kappa shape index (κ3) is 1.87. The van der Waals surface area contributed by atoms with E-state index in [-0.39, 0.29) is 0 Å². The summed E-state index contributed by atoms with van der Waals surface area (Å²) in [6.07, 6.45) is 3.71. The largest absolute Gasteiger partial charge is 0.497 e. The second-order valence-corrected chi connectivity index (χ2v) is 4.53. The molecule has 0 bridgehead atoms. The summed E-state index contributed by atoms with van der Waals surface area (Å²) in [7, 11) is 1.69. The molecular formula is C13H17NO2. The van der Waals surface area contributed by atoms with E-state index in [1.54, 1.807) is 7.11 Å². The van der Waals surface area contributed by atoms with E-state index in [9.17, 15) is 0 Å². The first-order valence-corrected chi connectivity index (χ1v) is 5.93. The summed E-state index contributed by atoms with van der Waals surface area (Å²) < 4.78 is 10.9. The van der Waals surface area contributed by atoms with Crippen LogP contribution in [0.1, 0.15) is 30.9 Å². The van der Waals surface area contributed by atoms with Crippen LogP contribution >= 0.6 is 0 Å². The molecule has 1 saturated carbocycles. The van der Waals surface area contributed by atoms with Gasteiger partial charge in [0.25, 0.3) is 0 Å². The van der Waals surface area contributed by atoms with Crippen molar-refractivity contribution >= 4 is 0 Å². The fraction of sp³-hybridized carbons (Fsp3) is 0.538. The van der Waals surface area contributed by atoms with Crippen LogP contribution in [0.4, 0.5) is 0 Å². The molecule has 1 N–H and O–H groups in total. The van der Waals surface area contributed by atoms with Gasteiger partial charge in [-0.2, -0.15) is 0 Å². The summed E-state index contributed by atoms with van der Waals surface area (Å²) in [5, 5.41) is 3.67. The minimum absolute atomic E-state index is 0.460. The lowest BCUT2D eigenvalue weighted by molar-refractivity contribution is 0.250. The Hall–Kier alpha value is -1.22. The van der Waals surface area contributed by atoms with Crippen LogP contribution in [0.15, 0.2) is 18.2 Å². The summed E-state index contributed by atoms with van der Waals surface area (Å²) in [5.74, 6) is 1.84. The maximum absolute atomic E-state index is 5.68. The van der Waals surface area contributed by atoms with Gasteiger partial charge in [-0.1, -0.05) is 6.07 Å². The van der Waals surface area contributed by atoms with E-state index in [0.717, 1.165) is 30.6 Å². The van der Waals surface area contributed by atoms with Crippen LogP contribution in [0, 0.1) is 0 Å². The number of rotatable bonds is 3. The summed E-state index contributed by atoms with van der Waals surface area (Å²) in [4.78, 5) is 0. The highest BCUT2D eigenvalue weighted by atomic mass is 16.5. The molecule has 1 aromatic rings. The molecule has 1 aliphatic heterocycles. The Morgan fingerprint density at radius 1 is 1.31 bits per heavy atom. The average molecular weight is 219 g/mol. The summed E-state index contributed by atoms with van der Waals surface area (Å²) >= 11 is 0. The van der Waals surface area contributed by atoms with Gasteiger partial charge in [-0.3, -0.25) is 0 Å². The van der Waals surface area contributed by atoms with E-state index in [2.05, 4.69) is 11.4 Å². The second-order valence-electron chi connectivity index (χ2n) is 4.53. The Bertz CT molecular complexity index is 388. The molecular weight excluding hydrogens is 202 g/mol. The number of hydrogen-bond donors (Lipinski definition) is 1. The van der Waals surface area contributed by atoms with Gasteiger partial charge in [0.05, 0.1) is 13.7 Å². The van der Waals surface area contributed by atoms with Crippen LogP contribution in [-0.2, 0) is 0 Å². The third-order valence-corrected chi connectivity index (χ3v) is 3.27. The van der Waals surface area contributed by atoms with Gasteiger partial charge in [-0.15, -0.1) is 0 Å². The molecule has 3 rings (SSSR count). The molecule has 1 aromatic carbocycles. The van der Waals surface area contributed by atoms with Gasteiger partial charge >= 0.3 is 0 Å². The van der Waals surface area contributed by atoms with E-state index < -0.39 is 0 Å². The summed E-state index contributed by atoms with van der Waals surface area (Å²) in [5.41, 5.74) is 1.28. The summed E-state index contributed by atoms with van der Waals surface area (Å²) in [6.45, 7) is 0.796. The number of fused-ring (bicyclic) bond motifs is 1. The molecule has 0 amide bonds. The SMILES string of the molecule is COc1ccc2c(c1)OCCC2NC1CC1. The maximum atomic E-state index is 5.68. The Morgan fingerprint density at radius 3 is 2.94 bits per heavy atom. The van der Waals surface area contributed by atoms with Crippen molar-refractivity contribution < 1.29 is 9.47 Å². The molecule has 16 heavy (non-hydrogen) atoms. The molecule has 3 nitrogen and oxygen atoms in total. The van der Waals surface area contributed by atoms with Crippen LogP contribution in [0.5, 0.6) is 11.5 Å². The highest BCUT2D eigenvalue weighted by Crippen LogP contribution is 2.36.